The maximum Gasteiger partial charge on any atom is 0.325 e. The van der Waals surface area contributed by atoms with Crippen LogP contribution in [-0.2, 0) is 9.59 Å². The molecule has 1 aromatic rings. The molecule has 1 aromatic carbocycles. The molecule has 134 valence electrons. The minimum absolute atomic E-state index is 0.0163. The van der Waals surface area contributed by atoms with Crippen LogP contribution in [0.2, 0.25) is 0 Å². The second-order valence-electron chi connectivity index (χ2n) is 6.79. The second-order valence-corrected chi connectivity index (χ2v) is 6.79. The molecular weight excluding hydrogens is 320 g/mol. The fourth-order valence-corrected chi connectivity index (χ4v) is 3.39. The van der Waals surface area contributed by atoms with Gasteiger partial charge in [0.1, 0.15) is 6.04 Å². The van der Waals surface area contributed by atoms with Crippen molar-refractivity contribution in [1.29, 1.82) is 0 Å². The van der Waals surface area contributed by atoms with E-state index >= 15 is 0 Å². The van der Waals surface area contributed by atoms with E-state index in [4.69, 9.17) is 0 Å². The topological polar surface area (TPSA) is 81.8 Å². The summed E-state index contributed by atoms with van der Waals surface area (Å²) in [6.45, 7) is 6.39. The third-order valence-electron chi connectivity index (χ3n) is 4.92. The van der Waals surface area contributed by atoms with Gasteiger partial charge in [-0.05, 0) is 18.1 Å². The number of hydrogen-bond donors (Lipinski definition) is 2. The summed E-state index contributed by atoms with van der Waals surface area (Å²) < 4.78 is 0. The molecule has 7 heteroatoms. The van der Waals surface area contributed by atoms with Crippen molar-refractivity contribution in [2.24, 2.45) is 5.92 Å². The van der Waals surface area contributed by atoms with E-state index < -0.39 is 6.04 Å². The SMILES string of the molecule is CC[C@H](C)[C@H]1C(=O)Nc2ccccc2N1C(=O)N1CC(NC(C)=O)C1. The lowest BCUT2D eigenvalue weighted by molar-refractivity contribution is -0.120. The summed E-state index contributed by atoms with van der Waals surface area (Å²) >= 11 is 0. The van der Waals surface area contributed by atoms with Crippen LogP contribution < -0.4 is 15.5 Å². The predicted octanol–water partition coefficient (Wildman–Crippen LogP) is 1.80. The van der Waals surface area contributed by atoms with Crippen LogP contribution in [0.3, 0.4) is 0 Å². The third-order valence-corrected chi connectivity index (χ3v) is 4.92. The number of para-hydroxylation sites is 2. The first kappa shape index (κ1) is 17.3. The Labute approximate surface area is 147 Å². The minimum atomic E-state index is -0.535. The van der Waals surface area contributed by atoms with E-state index in [2.05, 4.69) is 10.6 Å². The monoisotopic (exact) mass is 344 g/mol. The van der Waals surface area contributed by atoms with Crippen molar-refractivity contribution in [3.8, 4) is 0 Å². The molecule has 0 radical (unpaired) electrons. The molecule has 0 aromatic heterocycles. The first-order valence-electron chi connectivity index (χ1n) is 8.67. The average molecular weight is 344 g/mol. The quantitative estimate of drug-likeness (QED) is 0.877. The molecule has 0 unspecified atom stereocenters. The Balaban J connectivity index is 1.86. The van der Waals surface area contributed by atoms with Crippen LogP contribution in [0, 0.1) is 5.92 Å². The molecule has 2 atom stereocenters. The molecule has 0 saturated carbocycles. The van der Waals surface area contributed by atoms with Crippen LogP contribution in [0.5, 0.6) is 0 Å². The summed E-state index contributed by atoms with van der Waals surface area (Å²) in [7, 11) is 0. The van der Waals surface area contributed by atoms with Gasteiger partial charge in [-0.2, -0.15) is 0 Å². The van der Waals surface area contributed by atoms with Crippen molar-refractivity contribution in [2.45, 2.75) is 39.3 Å². The number of anilines is 2. The molecule has 2 aliphatic heterocycles. The number of nitrogens with one attached hydrogen (secondary N) is 2. The van der Waals surface area contributed by atoms with Gasteiger partial charge in [-0.3, -0.25) is 14.5 Å². The zero-order valence-electron chi connectivity index (χ0n) is 14.8. The molecule has 4 amide bonds. The Bertz CT molecular complexity index is 699. The number of hydrogen-bond acceptors (Lipinski definition) is 3. The molecule has 7 nitrogen and oxygen atoms in total. The highest BCUT2D eigenvalue weighted by Gasteiger charge is 2.43. The van der Waals surface area contributed by atoms with Crippen molar-refractivity contribution in [3.63, 3.8) is 0 Å². The minimum Gasteiger partial charge on any atom is -0.350 e. The van der Waals surface area contributed by atoms with E-state index in [0.717, 1.165) is 12.1 Å². The summed E-state index contributed by atoms with van der Waals surface area (Å²) in [6, 6.07) is 6.62. The van der Waals surface area contributed by atoms with E-state index in [9.17, 15) is 14.4 Å². The zero-order valence-corrected chi connectivity index (χ0v) is 14.8. The molecule has 0 bridgehead atoms. The molecule has 0 aliphatic carbocycles. The van der Waals surface area contributed by atoms with Crippen molar-refractivity contribution in [2.75, 3.05) is 23.3 Å². The lowest BCUT2D eigenvalue weighted by Gasteiger charge is -2.46. The molecule has 3 rings (SSSR count). The smallest absolute Gasteiger partial charge is 0.325 e. The molecule has 25 heavy (non-hydrogen) atoms. The number of benzene rings is 1. The maximum atomic E-state index is 13.1. The van der Waals surface area contributed by atoms with Crippen LogP contribution in [0.25, 0.3) is 0 Å². The molecule has 2 aliphatic rings. The zero-order chi connectivity index (χ0) is 18.1. The fourth-order valence-electron chi connectivity index (χ4n) is 3.39. The summed E-state index contributed by atoms with van der Waals surface area (Å²) in [5.41, 5.74) is 1.37. The maximum absolute atomic E-state index is 13.1. The van der Waals surface area contributed by atoms with Crippen LogP contribution >= 0.6 is 0 Å². The standard InChI is InChI=1S/C18H24N4O3/c1-4-11(2)16-17(24)20-14-7-5-6-8-15(14)22(16)18(25)21-9-13(10-21)19-12(3)23/h5-8,11,13,16H,4,9-10H2,1-3H3,(H,19,23)(H,20,24)/t11-,16-/m0/s1. The van der Waals surface area contributed by atoms with Crippen LogP contribution in [0.15, 0.2) is 24.3 Å². The molecule has 2 N–H and O–H groups in total. The summed E-state index contributed by atoms with van der Waals surface area (Å²) in [4.78, 5) is 40.2. The van der Waals surface area contributed by atoms with E-state index in [1.165, 1.54) is 6.92 Å². The van der Waals surface area contributed by atoms with E-state index in [1.807, 2.05) is 32.0 Å². The summed E-state index contributed by atoms with van der Waals surface area (Å²) in [6.07, 6.45) is 0.790. The first-order chi connectivity index (χ1) is 11.9. The molecular formula is C18H24N4O3. The Kier molecular flexibility index (Phi) is 4.65. The molecule has 1 fully saturated rings. The highest BCUT2D eigenvalue weighted by Crippen LogP contribution is 2.36. The van der Waals surface area contributed by atoms with Crippen LogP contribution in [-0.4, -0.2) is 47.9 Å². The van der Waals surface area contributed by atoms with Gasteiger partial charge in [-0.15, -0.1) is 0 Å². The largest absolute Gasteiger partial charge is 0.350 e. The van der Waals surface area contributed by atoms with Gasteiger partial charge in [0.25, 0.3) is 0 Å². The number of rotatable bonds is 3. The van der Waals surface area contributed by atoms with Gasteiger partial charge >= 0.3 is 6.03 Å². The van der Waals surface area contributed by atoms with E-state index in [0.29, 0.717) is 18.8 Å². The van der Waals surface area contributed by atoms with Gasteiger partial charge in [-0.25, -0.2) is 4.79 Å². The normalized spacial score (nSPS) is 21.1. The Morgan fingerprint density at radius 1 is 1.32 bits per heavy atom. The number of likely N-dealkylation sites (tertiary alicyclic amines) is 1. The number of carbonyl (C=O) groups excluding carboxylic acids is 3. The summed E-state index contributed by atoms with van der Waals surface area (Å²) in [5.74, 6) is -0.220. The molecule has 1 saturated heterocycles. The highest BCUT2D eigenvalue weighted by molar-refractivity contribution is 6.11. The van der Waals surface area contributed by atoms with Gasteiger partial charge in [0, 0.05) is 20.0 Å². The van der Waals surface area contributed by atoms with E-state index in [-0.39, 0.29) is 29.8 Å². The Hall–Kier alpha value is -2.57. The predicted molar refractivity (Wildman–Crippen MR) is 95.4 cm³/mol. The highest BCUT2D eigenvalue weighted by atomic mass is 16.2. The van der Waals surface area contributed by atoms with Crippen molar-refractivity contribution >= 4 is 29.2 Å². The molecule has 2 heterocycles. The van der Waals surface area contributed by atoms with Crippen LogP contribution in [0.4, 0.5) is 16.2 Å². The van der Waals surface area contributed by atoms with Crippen LogP contribution in [0.1, 0.15) is 27.2 Å². The molecule has 0 spiro atoms. The number of fused-ring (bicyclic) bond motifs is 1. The second kappa shape index (κ2) is 6.74. The van der Waals surface area contributed by atoms with Gasteiger partial charge in [0.05, 0.1) is 17.4 Å². The lowest BCUT2D eigenvalue weighted by atomic mass is 9.94. The van der Waals surface area contributed by atoms with Crippen molar-refractivity contribution < 1.29 is 14.4 Å². The van der Waals surface area contributed by atoms with Gasteiger partial charge in [-0.1, -0.05) is 32.4 Å². The van der Waals surface area contributed by atoms with Gasteiger partial charge < -0.3 is 15.5 Å². The number of urea groups is 1. The van der Waals surface area contributed by atoms with E-state index in [1.54, 1.807) is 15.9 Å². The van der Waals surface area contributed by atoms with Gasteiger partial charge in [0.15, 0.2) is 0 Å². The number of nitrogens with zero attached hydrogens (tertiary/aromatic N) is 2. The number of amides is 4. The lowest BCUT2D eigenvalue weighted by Crippen LogP contribution is -2.66. The third kappa shape index (κ3) is 3.18. The van der Waals surface area contributed by atoms with Crippen molar-refractivity contribution in [3.05, 3.63) is 24.3 Å². The number of carbonyl (C=O) groups is 3. The average Bonchev–Trinajstić information content (AvgIpc) is 2.55. The Morgan fingerprint density at radius 2 is 2.00 bits per heavy atom. The van der Waals surface area contributed by atoms with Gasteiger partial charge in [0.2, 0.25) is 11.8 Å². The summed E-state index contributed by atoms with van der Waals surface area (Å²) in [5, 5.41) is 5.72. The Morgan fingerprint density at radius 3 is 2.64 bits per heavy atom. The fraction of sp³-hybridized carbons (Fsp3) is 0.500. The van der Waals surface area contributed by atoms with Crippen molar-refractivity contribution in [1.82, 2.24) is 10.2 Å². The first-order valence-corrected chi connectivity index (χ1v) is 8.67.